The minimum Gasteiger partial charge on any atom is -0.494 e. The molecule has 0 atom stereocenters. The Balaban J connectivity index is 1.70. The highest BCUT2D eigenvalue weighted by Gasteiger charge is 2.36. The van der Waals surface area contributed by atoms with Gasteiger partial charge in [-0.15, -0.1) is 0 Å². The van der Waals surface area contributed by atoms with Crippen LogP contribution in [0.5, 0.6) is 11.5 Å². The molecule has 0 spiro atoms. The van der Waals surface area contributed by atoms with Crippen LogP contribution in [0.3, 0.4) is 0 Å². The Labute approximate surface area is 178 Å². The Morgan fingerprint density at radius 1 is 1.20 bits per heavy atom. The number of nitrogens with one attached hydrogen (secondary N) is 1. The van der Waals surface area contributed by atoms with Gasteiger partial charge in [0.2, 0.25) is 5.91 Å². The molecule has 0 saturated carbocycles. The Morgan fingerprint density at radius 3 is 2.70 bits per heavy atom. The van der Waals surface area contributed by atoms with E-state index in [1.165, 1.54) is 6.26 Å². The fourth-order valence-electron chi connectivity index (χ4n) is 2.75. The van der Waals surface area contributed by atoms with Crippen LogP contribution in [0.15, 0.2) is 45.9 Å². The maximum absolute atomic E-state index is 12.7. The highest BCUT2D eigenvalue weighted by atomic mass is 32.2. The fourth-order valence-corrected chi connectivity index (χ4v) is 3.58. The van der Waals surface area contributed by atoms with Gasteiger partial charge in [-0.05, 0) is 56.0 Å². The lowest BCUT2D eigenvalue weighted by atomic mass is 10.1. The second kappa shape index (κ2) is 10.0. The van der Waals surface area contributed by atoms with Gasteiger partial charge in [-0.2, -0.15) is 0 Å². The van der Waals surface area contributed by atoms with Crippen LogP contribution in [0.1, 0.15) is 25.2 Å². The second-order valence-corrected chi connectivity index (χ2v) is 7.18. The van der Waals surface area contributed by atoms with Crippen molar-refractivity contribution in [3.05, 3.63) is 52.8 Å². The Hall–Kier alpha value is -3.20. The van der Waals surface area contributed by atoms with E-state index in [2.05, 4.69) is 5.32 Å². The summed E-state index contributed by atoms with van der Waals surface area (Å²) in [6, 6.07) is 8.70. The number of nitrogens with zero attached hydrogens (tertiary/aromatic N) is 1. The number of imide groups is 1. The summed E-state index contributed by atoms with van der Waals surface area (Å²) in [5, 5.41) is 2.12. The SMILES string of the molecule is CCOc1ccc(/C=C2\SC(=O)N(CC(=O)NCc3ccco3)C2=O)c(OCC)c1. The van der Waals surface area contributed by atoms with Gasteiger partial charge in [-0.25, -0.2) is 0 Å². The maximum Gasteiger partial charge on any atom is 0.294 e. The molecule has 0 radical (unpaired) electrons. The molecule has 1 saturated heterocycles. The standard InChI is InChI=1S/C21H22N2O6S/c1-3-27-15-8-7-14(17(11-15)28-4-2)10-18-20(25)23(21(26)30-18)13-19(24)22-12-16-6-5-9-29-16/h5-11H,3-4,12-13H2,1-2H3,(H,22,24)/b18-10-. The number of hydrogen-bond donors (Lipinski definition) is 1. The summed E-state index contributed by atoms with van der Waals surface area (Å²) in [7, 11) is 0. The Bertz CT molecular complexity index is 954. The van der Waals surface area contributed by atoms with Gasteiger partial charge in [-0.3, -0.25) is 19.3 Å². The summed E-state index contributed by atoms with van der Waals surface area (Å²) < 4.78 is 16.3. The summed E-state index contributed by atoms with van der Waals surface area (Å²) in [5.41, 5.74) is 0.646. The van der Waals surface area contributed by atoms with E-state index in [0.717, 1.165) is 16.7 Å². The highest BCUT2D eigenvalue weighted by Crippen LogP contribution is 2.35. The van der Waals surface area contributed by atoms with Crippen LogP contribution >= 0.6 is 11.8 Å². The van der Waals surface area contributed by atoms with Crippen molar-refractivity contribution in [2.45, 2.75) is 20.4 Å². The van der Waals surface area contributed by atoms with Crippen molar-refractivity contribution in [1.82, 2.24) is 10.2 Å². The van der Waals surface area contributed by atoms with Crippen LogP contribution in [-0.4, -0.2) is 41.7 Å². The molecule has 2 heterocycles. The summed E-state index contributed by atoms with van der Waals surface area (Å²) >= 11 is 0.789. The third-order valence-corrected chi connectivity index (χ3v) is 5.01. The van der Waals surface area contributed by atoms with E-state index in [1.54, 1.807) is 36.4 Å². The van der Waals surface area contributed by atoms with E-state index in [9.17, 15) is 14.4 Å². The number of benzene rings is 1. The minimum absolute atomic E-state index is 0.182. The number of amides is 3. The predicted octanol–water partition coefficient (Wildman–Crippen LogP) is 3.43. The number of carbonyl (C=O) groups excluding carboxylic acids is 3. The van der Waals surface area contributed by atoms with Crippen molar-refractivity contribution in [3.63, 3.8) is 0 Å². The van der Waals surface area contributed by atoms with Gasteiger partial charge in [0.25, 0.3) is 11.1 Å². The average molecular weight is 430 g/mol. The average Bonchev–Trinajstić information content (AvgIpc) is 3.33. The molecule has 3 amide bonds. The molecule has 158 valence electrons. The molecular formula is C21H22N2O6S. The van der Waals surface area contributed by atoms with Crippen LogP contribution in [0.25, 0.3) is 6.08 Å². The summed E-state index contributed by atoms with van der Waals surface area (Å²) in [6.07, 6.45) is 3.09. The lowest BCUT2D eigenvalue weighted by molar-refractivity contribution is -0.129. The number of thioether (sulfide) groups is 1. The first-order valence-corrected chi connectivity index (χ1v) is 10.3. The minimum atomic E-state index is -0.519. The predicted molar refractivity (Wildman–Crippen MR) is 112 cm³/mol. The molecule has 1 aromatic heterocycles. The Morgan fingerprint density at radius 2 is 2.00 bits per heavy atom. The third-order valence-electron chi connectivity index (χ3n) is 4.10. The Kier molecular flexibility index (Phi) is 7.18. The molecule has 1 aliphatic heterocycles. The first-order chi connectivity index (χ1) is 14.5. The molecule has 0 aliphatic carbocycles. The number of hydrogen-bond acceptors (Lipinski definition) is 7. The van der Waals surface area contributed by atoms with Gasteiger partial charge < -0.3 is 19.2 Å². The van der Waals surface area contributed by atoms with Crippen molar-refractivity contribution in [2.24, 2.45) is 0 Å². The fraction of sp³-hybridized carbons (Fsp3) is 0.286. The zero-order valence-corrected chi connectivity index (χ0v) is 17.5. The quantitative estimate of drug-likeness (QED) is 0.609. The van der Waals surface area contributed by atoms with Crippen LogP contribution in [0.4, 0.5) is 4.79 Å². The van der Waals surface area contributed by atoms with Crippen LogP contribution < -0.4 is 14.8 Å². The van der Waals surface area contributed by atoms with E-state index in [4.69, 9.17) is 13.9 Å². The van der Waals surface area contributed by atoms with E-state index < -0.39 is 17.1 Å². The molecule has 1 aliphatic rings. The molecule has 1 aromatic carbocycles. The molecule has 0 bridgehead atoms. The lowest BCUT2D eigenvalue weighted by Crippen LogP contribution is -2.39. The molecule has 3 rings (SSSR count). The monoisotopic (exact) mass is 430 g/mol. The zero-order valence-electron chi connectivity index (χ0n) is 16.7. The van der Waals surface area contributed by atoms with Gasteiger partial charge in [0.1, 0.15) is 23.8 Å². The van der Waals surface area contributed by atoms with Gasteiger partial charge in [0.15, 0.2) is 0 Å². The highest BCUT2D eigenvalue weighted by molar-refractivity contribution is 8.18. The number of ether oxygens (including phenoxy) is 2. The van der Waals surface area contributed by atoms with E-state index in [-0.39, 0.29) is 18.0 Å². The van der Waals surface area contributed by atoms with Crippen molar-refractivity contribution in [1.29, 1.82) is 0 Å². The van der Waals surface area contributed by atoms with E-state index in [0.29, 0.717) is 36.0 Å². The van der Waals surface area contributed by atoms with Crippen molar-refractivity contribution in [3.8, 4) is 11.5 Å². The largest absolute Gasteiger partial charge is 0.494 e. The molecule has 1 N–H and O–H groups in total. The lowest BCUT2D eigenvalue weighted by Gasteiger charge is -2.12. The first-order valence-electron chi connectivity index (χ1n) is 9.46. The van der Waals surface area contributed by atoms with Crippen molar-refractivity contribution < 1.29 is 28.3 Å². The van der Waals surface area contributed by atoms with Gasteiger partial charge in [0.05, 0.1) is 30.9 Å². The molecular weight excluding hydrogens is 408 g/mol. The number of rotatable bonds is 9. The smallest absolute Gasteiger partial charge is 0.294 e. The molecule has 0 unspecified atom stereocenters. The summed E-state index contributed by atoms with van der Waals surface area (Å²) in [6.45, 7) is 4.52. The summed E-state index contributed by atoms with van der Waals surface area (Å²) in [4.78, 5) is 38.2. The zero-order chi connectivity index (χ0) is 21.5. The topological polar surface area (TPSA) is 98.1 Å². The van der Waals surface area contributed by atoms with Crippen molar-refractivity contribution >= 4 is 34.9 Å². The number of furan rings is 1. The molecule has 30 heavy (non-hydrogen) atoms. The molecule has 8 nitrogen and oxygen atoms in total. The molecule has 2 aromatic rings. The maximum atomic E-state index is 12.7. The van der Waals surface area contributed by atoms with Crippen LogP contribution in [0.2, 0.25) is 0 Å². The third kappa shape index (κ3) is 5.24. The molecule has 1 fully saturated rings. The second-order valence-electron chi connectivity index (χ2n) is 6.19. The number of carbonyl (C=O) groups is 3. The van der Waals surface area contributed by atoms with Crippen LogP contribution in [-0.2, 0) is 16.1 Å². The van der Waals surface area contributed by atoms with Gasteiger partial charge >= 0.3 is 0 Å². The molecule has 9 heteroatoms. The van der Waals surface area contributed by atoms with Gasteiger partial charge in [-0.1, -0.05) is 0 Å². The van der Waals surface area contributed by atoms with Crippen LogP contribution in [0, 0.1) is 0 Å². The van der Waals surface area contributed by atoms with E-state index >= 15 is 0 Å². The first kappa shape index (κ1) is 21.5. The normalized spacial score (nSPS) is 15.0. The summed E-state index contributed by atoms with van der Waals surface area (Å²) in [5.74, 6) is 0.808. The van der Waals surface area contributed by atoms with E-state index in [1.807, 2.05) is 13.8 Å². The van der Waals surface area contributed by atoms with Crippen molar-refractivity contribution in [2.75, 3.05) is 19.8 Å². The van der Waals surface area contributed by atoms with Gasteiger partial charge in [0, 0.05) is 11.6 Å².